The Morgan fingerprint density at radius 1 is 0.938 bits per heavy atom. The number of rotatable bonds is 14. The second-order valence-electron chi connectivity index (χ2n) is 18.3. The second kappa shape index (κ2) is 19.7. The van der Waals surface area contributed by atoms with E-state index in [1.54, 1.807) is 48.5 Å². The highest BCUT2D eigenvalue weighted by molar-refractivity contribution is 6.04. The van der Waals surface area contributed by atoms with Crippen molar-refractivity contribution in [2.75, 3.05) is 43.5 Å². The molecule has 65 heavy (non-hydrogen) atoms. The van der Waals surface area contributed by atoms with Gasteiger partial charge in [-0.25, -0.2) is 4.98 Å². The van der Waals surface area contributed by atoms with E-state index in [9.17, 15) is 24.3 Å². The van der Waals surface area contributed by atoms with E-state index < -0.39 is 29.5 Å². The highest BCUT2D eigenvalue weighted by Gasteiger charge is 2.45. The zero-order chi connectivity index (χ0) is 46.6. The molecule has 5 heterocycles. The van der Waals surface area contributed by atoms with Crippen LogP contribution in [0.3, 0.4) is 0 Å². The molecule has 2 saturated heterocycles. The van der Waals surface area contributed by atoms with Crippen LogP contribution in [0.25, 0.3) is 22.6 Å². The van der Waals surface area contributed by atoms with Gasteiger partial charge in [0.15, 0.2) is 0 Å². The van der Waals surface area contributed by atoms with E-state index in [0.717, 1.165) is 22.5 Å². The number of aliphatic hydroxyl groups is 1. The van der Waals surface area contributed by atoms with Crippen molar-refractivity contribution in [1.29, 1.82) is 0 Å². The van der Waals surface area contributed by atoms with Crippen LogP contribution in [-0.4, -0.2) is 127 Å². The first kappa shape index (κ1) is 46.4. The molecule has 2 aromatic carbocycles. The van der Waals surface area contributed by atoms with Gasteiger partial charge in [-0.05, 0) is 73.7 Å². The summed E-state index contributed by atoms with van der Waals surface area (Å²) in [5.74, 6) is -0.890. The number of anilines is 2. The Morgan fingerprint density at radius 3 is 2.38 bits per heavy atom. The number of carbonyl (C=O) groups excluding carboxylic acids is 4. The van der Waals surface area contributed by atoms with Gasteiger partial charge in [0.25, 0.3) is 5.91 Å². The number of aliphatic hydroxyl groups excluding tert-OH is 1. The van der Waals surface area contributed by atoms with E-state index in [1.807, 2.05) is 83.3 Å². The predicted octanol–water partition coefficient (Wildman–Crippen LogP) is 4.79. The SMILES string of the molecule is COc1cc(N2C[C@@H](C)N(CCC(=O)N[C@H](C(=O)N3C[C@H](O)C[C@H]3C(=O)N[C@@H](C)c3ccc(-c4ccnn4C)cc3)C(C)(C)C)C[C@@H]2C)ccc1NC(=O)c1cccc(-c2ccn[nH]2)n1. The van der Waals surface area contributed by atoms with Gasteiger partial charge in [0.2, 0.25) is 17.7 Å². The summed E-state index contributed by atoms with van der Waals surface area (Å²) < 4.78 is 7.52. The van der Waals surface area contributed by atoms with Crippen molar-refractivity contribution >= 4 is 35.0 Å². The fourth-order valence-corrected chi connectivity index (χ4v) is 8.72. The number of ether oxygens (including phenoxy) is 1. The van der Waals surface area contributed by atoms with Gasteiger partial charge in [-0.15, -0.1) is 0 Å². The standard InChI is InChI=1S/C48H61N11O6/c1-29-27-58(34-16-17-38(42(24-34)65-8)53-45(62)39-11-9-10-36(52-39)37-18-21-49-55-37)30(2)26-57(29)23-20-43(61)54-44(48(4,5)6)47(64)59-28-35(60)25-41(59)46(63)51-31(3)32-12-14-33(15-13-32)40-19-22-50-56(40)7/h9-19,21-22,24,29-31,35,41,44,60H,20,23,25-28H2,1-8H3,(H,49,55)(H,51,63)(H,53,62)(H,54,61)/t29-,30+,31+,35-,41+,44-/m1/s1. The molecule has 2 aliphatic heterocycles. The minimum Gasteiger partial charge on any atom is -0.494 e. The molecule has 0 bridgehead atoms. The number of β-amino-alcohol motifs (C(OH)–C–C–N with tert-alkyl or cyclic N) is 1. The molecule has 0 spiro atoms. The predicted molar refractivity (Wildman–Crippen MR) is 248 cm³/mol. The summed E-state index contributed by atoms with van der Waals surface area (Å²) in [5, 5.41) is 30.8. The Balaban J connectivity index is 0.930. The number of hydrogen-bond acceptors (Lipinski definition) is 11. The number of nitrogens with zero attached hydrogens (tertiary/aromatic N) is 7. The normalized spacial score (nSPS) is 20.0. The Kier molecular flexibility index (Phi) is 14.0. The van der Waals surface area contributed by atoms with E-state index in [1.165, 1.54) is 4.90 Å². The molecule has 0 unspecified atom stereocenters. The van der Waals surface area contributed by atoms with Gasteiger partial charge in [0, 0.05) is 82.3 Å². The van der Waals surface area contributed by atoms with Crippen LogP contribution in [-0.2, 0) is 21.4 Å². The van der Waals surface area contributed by atoms with Gasteiger partial charge in [0.05, 0.1) is 42.0 Å². The van der Waals surface area contributed by atoms with Crippen LogP contribution >= 0.6 is 0 Å². The summed E-state index contributed by atoms with van der Waals surface area (Å²) in [6.45, 7) is 13.6. The van der Waals surface area contributed by atoms with E-state index >= 15 is 0 Å². The van der Waals surface area contributed by atoms with Crippen LogP contribution in [0.5, 0.6) is 5.75 Å². The number of H-pyrrole nitrogens is 1. The van der Waals surface area contributed by atoms with Crippen molar-refractivity contribution < 1.29 is 29.0 Å². The van der Waals surface area contributed by atoms with Crippen molar-refractivity contribution in [3.63, 3.8) is 0 Å². The minimum absolute atomic E-state index is 0.00467. The number of carbonyl (C=O) groups is 4. The molecule has 2 aliphatic rings. The number of aromatic nitrogens is 5. The summed E-state index contributed by atoms with van der Waals surface area (Å²) >= 11 is 0. The van der Waals surface area contributed by atoms with E-state index in [2.05, 4.69) is 59.9 Å². The molecule has 5 aromatic rings. The lowest BCUT2D eigenvalue weighted by Gasteiger charge is -2.45. The number of pyridine rings is 1. The lowest BCUT2D eigenvalue weighted by Crippen LogP contribution is -2.59. The Labute approximate surface area is 379 Å². The molecule has 0 saturated carbocycles. The Bertz CT molecular complexity index is 2470. The second-order valence-corrected chi connectivity index (χ2v) is 18.3. The van der Waals surface area contributed by atoms with Crippen molar-refractivity contribution in [2.45, 2.75) is 90.7 Å². The molecule has 2 fully saturated rings. The summed E-state index contributed by atoms with van der Waals surface area (Å²) in [4.78, 5) is 65.4. The van der Waals surface area contributed by atoms with Gasteiger partial charge in [-0.2, -0.15) is 10.2 Å². The van der Waals surface area contributed by atoms with Gasteiger partial charge < -0.3 is 35.6 Å². The van der Waals surface area contributed by atoms with Gasteiger partial charge in [0.1, 0.15) is 23.5 Å². The number of likely N-dealkylation sites (tertiary alicyclic amines) is 1. The van der Waals surface area contributed by atoms with Gasteiger partial charge in [-0.3, -0.25) is 33.9 Å². The number of benzene rings is 2. The third kappa shape index (κ3) is 10.7. The summed E-state index contributed by atoms with van der Waals surface area (Å²) in [5.41, 5.74) is 5.20. The Morgan fingerprint density at radius 2 is 1.71 bits per heavy atom. The number of amides is 4. The minimum atomic E-state index is -0.924. The molecule has 7 rings (SSSR count). The maximum absolute atomic E-state index is 14.3. The van der Waals surface area contributed by atoms with Gasteiger partial charge in [-0.1, -0.05) is 51.1 Å². The zero-order valence-corrected chi connectivity index (χ0v) is 38.4. The average Bonchev–Trinajstić information content (AvgIpc) is 4.07. The molecule has 0 aliphatic carbocycles. The maximum Gasteiger partial charge on any atom is 0.274 e. The molecule has 5 N–H and O–H groups in total. The molecule has 17 heteroatoms. The topological polar surface area (TPSA) is 203 Å². The summed E-state index contributed by atoms with van der Waals surface area (Å²) in [6, 6.07) is 20.5. The smallest absolute Gasteiger partial charge is 0.274 e. The molecular weight excluding hydrogens is 827 g/mol. The fraction of sp³-hybridized carbons (Fsp3) is 0.438. The van der Waals surface area contributed by atoms with Crippen LogP contribution in [0.4, 0.5) is 11.4 Å². The van der Waals surface area contributed by atoms with Crippen molar-refractivity contribution in [3.8, 4) is 28.4 Å². The van der Waals surface area contributed by atoms with Crippen LogP contribution in [0, 0.1) is 5.41 Å². The van der Waals surface area contributed by atoms with Crippen LogP contribution in [0.2, 0.25) is 0 Å². The summed E-state index contributed by atoms with van der Waals surface area (Å²) in [7, 11) is 3.45. The zero-order valence-electron chi connectivity index (χ0n) is 38.4. The third-order valence-corrected chi connectivity index (χ3v) is 12.4. The number of piperazine rings is 1. The average molecular weight is 888 g/mol. The lowest BCUT2D eigenvalue weighted by molar-refractivity contribution is -0.144. The van der Waals surface area contributed by atoms with E-state index in [0.29, 0.717) is 42.5 Å². The molecule has 0 radical (unpaired) electrons. The fourth-order valence-electron chi connectivity index (χ4n) is 8.72. The van der Waals surface area contributed by atoms with E-state index in [4.69, 9.17) is 4.74 Å². The number of aromatic amines is 1. The summed E-state index contributed by atoms with van der Waals surface area (Å²) in [6.07, 6.45) is 2.77. The van der Waals surface area contributed by atoms with Crippen molar-refractivity contribution in [3.05, 3.63) is 96.4 Å². The highest BCUT2D eigenvalue weighted by Crippen LogP contribution is 2.33. The lowest BCUT2D eigenvalue weighted by atomic mass is 9.85. The monoisotopic (exact) mass is 887 g/mol. The molecule has 6 atom stereocenters. The molecule has 3 aromatic heterocycles. The largest absolute Gasteiger partial charge is 0.494 e. The number of nitrogens with one attached hydrogen (secondary N) is 4. The molecule has 17 nitrogen and oxygen atoms in total. The number of methoxy groups -OCH3 is 1. The number of hydrogen-bond donors (Lipinski definition) is 5. The third-order valence-electron chi connectivity index (χ3n) is 12.4. The first-order chi connectivity index (χ1) is 31.0. The molecule has 4 amide bonds. The number of aryl methyl sites for hydroxylation is 1. The van der Waals surface area contributed by atoms with Crippen LogP contribution < -0.4 is 25.6 Å². The van der Waals surface area contributed by atoms with Crippen LogP contribution in [0.15, 0.2) is 85.2 Å². The van der Waals surface area contributed by atoms with E-state index in [-0.39, 0.29) is 60.9 Å². The first-order valence-corrected chi connectivity index (χ1v) is 22.1. The first-order valence-electron chi connectivity index (χ1n) is 22.1. The molecule has 344 valence electrons. The van der Waals surface area contributed by atoms with Crippen LogP contribution in [0.1, 0.15) is 76.5 Å². The molecular formula is C48H61N11O6. The quantitative estimate of drug-likeness (QED) is 0.103. The highest BCUT2D eigenvalue weighted by atomic mass is 16.5. The maximum atomic E-state index is 14.3. The Hall–Kier alpha value is -6.59. The van der Waals surface area contributed by atoms with Crippen molar-refractivity contribution in [1.82, 2.24) is 45.4 Å². The van der Waals surface area contributed by atoms with Crippen molar-refractivity contribution in [2.24, 2.45) is 12.5 Å². The van der Waals surface area contributed by atoms with Gasteiger partial charge >= 0.3 is 0 Å².